The van der Waals surface area contributed by atoms with Crippen molar-refractivity contribution in [1.82, 2.24) is 5.32 Å². The molecule has 0 aliphatic rings. The first-order chi connectivity index (χ1) is 10.1. The number of carbonyl (C=O) groups is 1. The highest BCUT2D eigenvalue weighted by Crippen LogP contribution is 2.21. The fraction of sp³-hybridized carbons (Fsp3) is 0.389. The van der Waals surface area contributed by atoms with E-state index < -0.39 is 0 Å². The summed E-state index contributed by atoms with van der Waals surface area (Å²) in [7, 11) is 0. The summed E-state index contributed by atoms with van der Waals surface area (Å²) < 4.78 is 13.7. The normalized spacial score (nSPS) is 11.0. The van der Waals surface area contributed by atoms with E-state index in [1.807, 2.05) is 6.07 Å². The summed E-state index contributed by atoms with van der Waals surface area (Å²) in [6.45, 7) is 5.06. The van der Waals surface area contributed by atoms with Gasteiger partial charge in [-0.2, -0.15) is 0 Å². The van der Waals surface area contributed by atoms with Crippen molar-refractivity contribution in [2.45, 2.75) is 33.1 Å². The zero-order valence-corrected chi connectivity index (χ0v) is 12.7. The van der Waals surface area contributed by atoms with E-state index in [2.05, 4.69) is 19.2 Å². The van der Waals surface area contributed by atoms with Gasteiger partial charge in [-0.15, -0.1) is 0 Å². The third-order valence-electron chi connectivity index (χ3n) is 3.61. The molecule has 0 spiro atoms. The standard InChI is InChI=1S/C18H22FNO/c1-13(2)7-5-6-12-20-18(21)16-10-11-17(19)15-9-4-3-8-14(15)16/h3-4,8-11,13H,5-7,12H2,1-2H3,(H,20,21). The summed E-state index contributed by atoms with van der Waals surface area (Å²) in [6.07, 6.45) is 3.26. The van der Waals surface area contributed by atoms with Crippen molar-refractivity contribution >= 4 is 16.7 Å². The molecule has 0 saturated carbocycles. The topological polar surface area (TPSA) is 29.1 Å². The Morgan fingerprint density at radius 1 is 1.10 bits per heavy atom. The molecule has 0 radical (unpaired) electrons. The van der Waals surface area contributed by atoms with Crippen LogP contribution in [0.5, 0.6) is 0 Å². The SMILES string of the molecule is CC(C)CCCCNC(=O)c1ccc(F)c2ccccc12. The minimum Gasteiger partial charge on any atom is -0.352 e. The average Bonchev–Trinajstić information content (AvgIpc) is 2.47. The zero-order valence-electron chi connectivity index (χ0n) is 12.7. The second-order valence-electron chi connectivity index (χ2n) is 5.79. The van der Waals surface area contributed by atoms with Crippen molar-refractivity contribution in [3.63, 3.8) is 0 Å². The highest BCUT2D eigenvalue weighted by molar-refractivity contribution is 6.07. The molecule has 0 unspecified atom stereocenters. The number of benzene rings is 2. The number of halogens is 1. The van der Waals surface area contributed by atoms with Gasteiger partial charge in [0.2, 0.25) is 0 Å². The molecule has 112 valence electrons. The van der Waals surface area contributed by atoms with E-state index in [1.165, 1.54) is 12.5 Å². The summed E-state index contributed by atoms with van der Waals surface area (Å²) >= 11 is 0. The minimum absolute atomic E-state index is 0.129. The van der Waals surface area contributed by atoms with Crippen LogP contribution in [0.15, 0.2) is 36.4 Å². The number of hydrogen-bond donors (Lipinski definition) is 1. The number of hydrogen-bond acceptors (Lipinski definition) is 1. The summed E-state index contributed by atoms with van der Waals surface area (Å²) in [5, 5.41) is 4.08. The molecule has 0 aliphatic carbocycles. The molecule has 0 bridgehead atoms. The Hall–Kier alpha value is -1.90. The predicted molar refractivity (Wildman–Crippen MR) is 84.9 cm³/mol. The van der Waals surface area contributed by atoms with Crippen LogP contribution >= 0.6 is 0 Å². The highest BCUT2D eigenvalue weighted by Gasteiger charge is 2.11. The summed E-state index contributed by atoms with van der Waals surface area (Å²) in [5.74, 6) is 0.275. The van der Waals surface area contributed by atoms with E-state index >= 15 is 0 Å². The molecule has 2 nitrogen and oxygen atoms in total. The Kier molecular flexibility index (Phi) is 5.32. The Bertz CT molecular complexity index is 622. The van der Waals surface area contributed by atoms with Gasteiger partial charge in [-0.25, -0.2) is 4.39 Å². The number of nitrogens with one attached hydrogen (secondary N) is 1. The maximum atomic E-state index is 13.7. The maximum absolute atomic E-state index is 13.7. The van der Waals surface area contributed by atoms with E-state index in [1.54, 1.807) is 24.3 Å². The van der Waals surface area contributed by atoms with Gasteiger partial charge in [0.15, 0.2) is 0 Å². The molecule has 3 heteroatoms. The first-order valence-corrected chi connectivity index (χ1v) is 7.55. The number of unbranched alkanes of at least 4 members (excludes halogenated alkanes) is 1. The number of carbonyl (C=O) groups excluding carboxylic acids is 1. The summed E-state index contributed by atoms with van der Waals surface area (Å²) in [5.41, 5.74) is 0.538. The Morgan fingerprint density at radius 2 is 1.81 bits per heavy atom. The van der Waals surface area contributed by atoms with Gasteiger partial charge in [-0.1, -0.05) is 51.0 Å². The van der Waals surface area contributed by atoms with Gasteiger partial charge < -0.3 is 5.32 Å². The van der Waals surface area contributed by atoms with Crippen molar-refractivity contribution in [3.05, 3.63) is 47.8 Å². The van der Waals surface area contributed by atoms with E-state index in [0.29, 0.717) is 28.8 Å². The fourth-order valence-corrected chi connectivity index (χ4v) is 2.44. The highest BCUT2D eigenvalue weighted by atomic mass is 19.1. The van der Waals surface area contributed by atoms with Gasteiger partial charge in [-0.3, -0.25) is 4.79 Å². The second kappa shape index (κ2) is 7.21. The molecule has 2 aromatic rings. The Balaban J connectivity index is 2.02. The molecule has 2 rings (SSSR count). The monoisotopic (exact) mass is 287 g/mol. The number of rotatable bonds is 6. The molecular weight excluding hydrogens is 265 g/mol. The smallest absolute Gasteiger partial charge is 0.251 e. The summed E-state index contributed by atoms with van der Waals surface area (Å²) in [6, 6.07) is 9.99. The molecule has 0 fully saturated rings. The third-order valence-corrected chi connectivity index (χ3v) is 3.61. The van der Waals surface area contributed by atoms with E-state index in [-0.39, 0.29) is 11.7 Å². The quantitative estimate of drug-likeness (QED) is 0.777. The molecule has 1 N–H and O–H groups in total. The largest absolute Gasteiger partial charge is 0.352 e. The molecule has 0 saturated heterocycles. The van der Waals surface area contributed by atoms with Crippen molar-refractivity contribution in [1.29, 1.82) is 0 Å². The Labute approximate surface area is 125 Å². The lowest BCUT2D eigenvalue weighted by molar-refractivity contribution is 0.0954. The summed E-state index contributed by atoms with van der Waals surface area (Å²) in [4.78, 5) is 12.2. The van der Waals surface area contributed by atoms with Crippen LogP contribution in [0.25, 0.3) is 10.8 Å². The van der Waals surface area contributed by atoms with Crippen LogP contribution in [0.3, 0.4) is 0 Å². The molecule has 2 aromatic carbocycles. The van der Waals surface area contributed by atoms with Gasteiger partial charge in [0.25, 0.3) is 5.91 Å². The molecule has 0 atom stereocenters. The number of amides is 1. The minimum atomic E-state index is -0.293. The van der Waals surface area contributed by atoms with Crippen LogP contribution in [-0.4, -0.2) is 12.5 Å². The zero-order chi connectivity index (χ0) is 15.2. The molecule has 0 aliphatic heterocycles. The Morgan fingerprint density at radius 3 is 2.52 bits per heavy atom. The lowest BCUT2D eigenvalue weighted by Gasteiger charge is -2.09. The van der Waals surface area contributed by atoms with Crippen LogP contribution in [0.1, 0.15) is 43.5 Å². The van der Waals surface area contributed by atoms with Gasteiger partial charge in [-0.05, 0) is 29.9 Å². The lowest BCUT2D eigenvalue weighted by atomic mass is 10.0. The van der Waals surface area contributed by atoms with Gasteiger partial charge >= 0.3 is 0 Å². The fourth-order valence-electron chi connectivity index (χ4n) is 2.44. The molecular formula is C18H22FNO. The van der Waals surface area contributed by atoms with Gasteiger partial charge in [0.05, 0.1) is 0 Å². The van der Waals surface area contributed by atoms with Gasteiger partial charge in [0, 0.05) is 17.5 Å². The molecule has 1 amide bonds. The van der Waals surface area contributed by atoms with Crippen molar-refractivity contribution in [2.75, 3.05) is 6.54 Å². The van der Waals surface area contributed by atoms with Crippen LogP contribution in [0.2, 0.25) is 0 Å². The average molecular weight is 287 g/mol. The number of fused-ring (bicyclic) bond motifs is 1. The molecule has 0 aromatic heterocycles. The second-order valence-corrected chi connectivity index (χ2v) is 5.79. The van der Waals surface area contributed by atoms with Gasteiger partial charge in [0.1, 0.15) is 5.82 Å². The predicted octanol–water partition coefficient (Wildman–Crippen LogP) is 4.54. The third kappa shape index (κ3) is 4.03. The van der Waals surface area contributed by atoms with E-state index in [9.17, 15) is 9.18 Å². The van der Waals surface area contributed by atoms with E-state index in [4.69, 9.17) is 0 Å². The lowest BCUT2D eigenvalue weighted by Crippen LogP contribution is -2.24. The first kappa shape index (κ1) is 15.5. The van der Waals surface area contributed by atoms with Crippen LogP contribution < -0.4 is 5.32 Å². The first-order valence-electron chi connectivity index (χ1n) is 7.55. The maximum Gasteiger partial charge on any atom is 0.251 e. The van der Waals surface area contributed by atoms with Crippen molar-refractivity contribution in [3.8, 4) is 0 Å². The molecule has 21 heavy (non-hydrogen) atoms. The van der Waals surface area contributed by atoms with Crippen molar-refractivity contribution in [2.24, 2.45) is 5.92 Å². The van der Waals surface area contributed by atoms with Crippen LogP contribution in [-0.2, 0) is 0 Å². The van der Waals surface area contributed by atoms with Crippen LogP contribution in [0, 0.1) is 11.7 Å². The van der Waals surface area contributed by atoms with Crippen molar-refractivity contribution < 1.29 is 9.18 Å². The van der Waals surface area contributed by atoms with Crippen LogP contribution in [0.4, 0.5) is 4.39 Å². The van der Waals surface area contributed by atoms with E-state index in [0.717, 1.165) is 12.8 Å². The molecule has 0 heterocycles.